The van der Waals surface area contributed by atoms with Gasteiger partial charge in [-0.3, -0.25) is 9.88 Å². The van der Waals surface area contributed by atoms with Gasteiger partial charge in [-0.05, 0) is 65.1 Å². The molecule has 1 saturated heterocycles. The van der Waals surface area contributed by atoms with Gasteiger partial charge in [0, 0.05) is 46.3 Å². The van der Waals surface area contributed by atoms with Crippen molar-refractivity contribution in [3.63, 3.8) is 0 Å². The van der Waals surface area contributed by atoms with Crippen molar-refractivity contribution in [3.05, 3.63) is 46.2 Å². The molecule has 1 aliphatic rings. The summed E-state index contributed by atoms with van der Waals surface area (Å²) in [6, 6.07) is 4.34. The average Bonchev–Trinajstić information content (AvgIpc) is 3.42. The Bertz CT molecular complexity index is 945. The van der Waals surface area contributed by atoms with E-state index in [2.05, 4.69) is 58.1 Å². The number of nitrogens with one attached hydrogen (secondary N) is 1. The highest BCUT2D eigenvalue weighted by atomic mass is 32.1. The van der Waals surface area contributed by atoms with Gasteiger partial charge in [-0.1, -0.05) is 6.07 Å². The molecule has 6 heteroatoms. The second kappa shape index (κ2) is 8.17. The molecule has 4 heterocycles. The molecule has 1 aliphatic heterocycles. The van der Waals surface area contributed by atoms with Crippen LogP contribution in [0.15, 0.2) is 30.0 Å². The zero-order valence-electron chi connectivity index (χ0n) is 18.0. The van der Waals surface area contributed by atoms with Crippen molar-refractivity contribution in [3.8, 4) is 0 Å². The number of hydrogen-bond acceptors (Lipinski definition) is 5. The Hall–Kier alpha value is -1.76. The Morgan fingerprint density at radius 2 is 2.17 bits per heavy atom. The molecule has 0 spiro atoms. The van der Waals surface area contributed by atoms with Crippen molar-refractivity contribution in [1.29, 1.82) is 0 Å². The summed E-state index contributed by atoms with van der Waals surface area (Å²) in [5.41, 5.74) is 4.81. The van der Waals surface area contributed by atoms with Gasteiger partial charge in [-0.15, -0.1) is 11.3 Å². The minimum Gasteiger partial charge on any atom is -0.381 e. The Balaban J connectivity index is 1.51. The molecule has 0 aliphatic carbocycles. The standard InChI is InChI=1S/C23H32N4OS/c1-5-28-15-23(9-8-20-21-19(13-29-20)25-16-26-21)10-11-27(14-23)22(3,4)18-7-6-17(2)24-12-18/h6-7,12-13,16H,5,8-11,14-15H2,1-4H3,(H,25,26)/t23-/m0/s1. The lowest BCUT2D eigenvalue weighted by atomic mass is 9.82. The van der Waals surface area contributed by atoms with Gasteiger partial charge in [0.15, 0.2) is 0 Å². The highest BCUT2D eigenvalue weighted by Gasteiger charge is 2.43. The number of aryl methyl sites for hydroxylation is 2. The third-order valence-electron chi connectivity index (χ3n) is 6.59. The van der Waals surface area contributed by atoms with Crippen molar-refractivity contribution in [2.75, 3.05) is 26.3 Å². The molecule has 3 aromatic rings. The molecule has 5 nitrogen and oxygen atoms in total. The zero-order chi connectivity index (χ0) is 20.5. The van der Waals surface area contributed by atoms with Crippen LogP contribution in [0.4, 0.5) is 0 Å². The van der Waals surface area contributed by atoms with Gasteiger partial charge in [0.25, 0.3) is 0 Å². The maximum atomic E-state index is 5.99. The third-order valence-corrected chi connectivity index (χ3v) is 7.63. The van der Waals surface area contributed by atoms with Gasteiger partial charge in [0.1, 0.15) is 5.52 Å². The lowest BCUT2D eigenvalue weighted by molar-refractivity contribution is 0.0386. The van der Waals surface area contributed by atoms with E-state index in [0.717, 1.165) is 55.9 Å². The fourth-order valence-corrected chi connectivity index (χ4v) is 5.43. The number of ether oxygens (including phenoxy) is 1. The number of imidazole rings is 1. The molecule has 0 radical (unpaired) electrons. The van der Waals surface area contributed by atoms with E-state index in [-0.39, 0.29) is 11.0 Å². The summed E-state index contributed by atoms with van der Waals surface area (Å²) in [7, 11) is 0. The first kappa shape index (κ1) is 20.5. The van der Waals surface area contributed by atoms with Crippen molar-refractivity contribution in [1.82, 2.24) is 19.9 Å². The van der Waals surface area contributed by atoms with Crippen LogP contribution in [0, 0.1) is 12.3 Å². The molecule has 0 aromatic carbocycles. The van der Waals surface area contributed by atoms with Crippen LogP contribution in [0.25, 0.3) is 11.0 Å². The SMILES string of the molecule is CCOC[C@@]1(CCc2scc3[nH]cnc23)CCN(C(C)(C)c2ccc(C)nc2)C1. The summed E-state index contributed by atoms with van der Waals surface area (Å²) in [5, 5.41) is 2.18. The lowest BCUT2D eigenvalue weighted by Gasteiger charge is -2.38. The molecule has 1 N–H and O–H groups in total. The first-order chi connectivity index (χ1) is 13.9. The summed E-state index contributed by atoms with van der Waals surface area (Å²) in [5.74, 6) is 0. The van der Waals surface area contributed by atoms with Crippen LogP contribution >= 0.6 is 11.3 Å². The van der Waals surface area contributed by atoms with Gasteiger partial charge < -0.3 is 9.72 Å². The number of aromatic nitrogens is 3. The molecule has 3 aromatic heterocycles. The third kappa shape index (κ3) is 4.11. The van der Waals surface area contributed by atoms with Crippen LogP contribution < -0.4 is 0 Å². The number of thiophene rings is 1. The minimum absolute atomic E-state index is 0.0347. The summed E-state index contributed by atoms with van der Waals surface area (Å²) in [6.07, 6.45) is 7.20. The van der Waals surface area contributed by atoms with Gasteiger partial charge in [0.2, 0.25) is 0 Å². The monoisotopic (exact) mass is 412 g/mol. The molecule has 156 valence electrons. The fourth-order valence-electron chi connectivity index (χ4n) is 4.50. The van der Waals surface area contributed by atoms with Crippen molar-refractivity contribution in [2.45, 2.75) is 52.5 Å². The van der Waals surface area contributed by atoms with E-state index in [0.29, 0.717) is 0 Å². The Kier molecular flexibility index (Phi) is 5.78. The predicted octanol–water partition coefficient (Wildman–Crippen LogP) is 4.92. The summed E-state index contributed by atoms with van der Waals surface area (Å²) >= 11 is 1.82. The molecule has 0 amide bonds. The normalized spacial score (nSPS) is 20.7. The second-order valence-electron chi connectivity index (χ2n) is 8.88. The first-order valence-electron chi connectivity index (χ1n) is 10.6. The number of H-pyrrole nitrogens is 1. The number of hydrogen-bond donors (Lipinski definition) is 1. The molecule has 1 fully saturated rings. The molecule has 0 unspecified atom stereocenters. The van der Waals surface area contributed by atoms with Crippen molar-refractivity contribution in [2.24, 2.45) is 5.41 Å². The number of pyridine rings is 1. The highest BCUT2D eigenvalue weighted by Crippen LogP contribution is 2.42. The van der Waals surface area contributed by atoms with Gasteiger partial charge >= 0.3 is 0 Å². The second-order valence-corrected chi connectivity index (χ2v) is 9.84. The zero-order valence-corrected chi connectivity index (χ0v) is 18.8. The van der Waals surface area contributed by atoms with E-state index < -0.39 is 0 Å². The summed E-state index contributed by atoms with van der Waals surface area (Å²) < 4.78 is 5.99. The Morgan fingerprint density at radius 1 is 1.31 bits per heavy atom. The Labute approximate surface area is 177 Å². The lowest BCUT2D eigenvalue weighted by Crippen LogP contribution is -2.42. The van der Waals surface area contributed by atoms with Crippen molar-refractivity contribution < 1.29 is 4.74 Å². The van der Waals surface area contributed by atoms with E-state index >= 15 is 0 Å². The fraction of sp³-hybridized carbons (Fsp3) is 0.565. The van der Waals surface area contributed by atoms with Crippen LogP contribution in [-0.4, -0.2) is 46.2 Å². The molecular formula is C23H32N4OS. The topological polar surface area (TPSA) is 54.0 Å². The largest absolute Gasteiger partial charge is 0.381 e. The molecule has 4 rings (SSSR count). The first-order valence-corrected chi connectivity index (χ1v) is 11.5. The quantitative estimate of drug-likeness (QED) is 0.570. The number of likely N-dealkylation sites (tertiary alicyclic amines) is 1. The van der Waals surface area contributed by atoms with Gasteiger partial charge in [0.05, 0.1) is 18.5 Å². The number of nitrogens with zero attached hydrogens (tertiary/aromatic N) is 3. The van der Waals surface area contributed by atoms with Crippen LogP contribution in [0.5, 0.6) is 0 Å². The Morgan fingerprint density at radius 3 is 2.93 bits per heavy atom. The van der Waals surface area contributed by atoms with Crippen LogP contribution in [-0.2, 0) is 16.7 Å². The average molecular weight is 413 g/mol. The van der Waals surface area contributed by atoms with E-state index in [1.807, 2.05) is 24.5 Å². The van der Waals surface area contributed by atoms with Gasteiger partial charge in [-0.2, -0.15) is 0 Å². The smallest absolute Gasteiger partial charge is 0.102 e. The van der Waals surface area contributed by atoms with E-state index in [9.17, 15) is 0 Å². The maximum absolute atomic E-state index is 5.99. The van der Waals surface area contributed by atoms with Crippen LogP contribution in [0.3, 0.4) is 0 Å². The van der Waals surface area contributed by atoms with Crippen LogP contribution in [0.2, 0.25) is 0 Å². The maximum Gasteiger partial charge on any atom is 0.102 e. The van der Waals surface area contributed by atoms with E-state index in [1.165, 1.54) is 16.9 Å². The van der Waals surface area contributed by atoms with Crippen molar-refractivity contribution >= 4 is 22.4 Å². The summed E-state index contributed by atoms with van der Waals surface area (Å²) in [6.45, 7) is 12.5. The molecule has 1 atom stereocenters. The molecule has 0 saturated carbocycles. The summed E-state index contributed by atoms with van der Waals surface area (Å²) in [4.78, 5) is 16.3. The minimum atomic E-state index is -0.0347. The molecular weight excluding hydrogens is 380 g/mol. The van der Waals surface area contributed by atoms with Gasteiger partial charge in [-0.25, -0.2) is 4.98 Å². The predicted molar refractivity (Wildman–Crippen MR) is 119 cm³/mol. The van der Waals surface area contributed by atoms with E-state index in [4.69, 9.17) is 4.74 Å². The van der Waals surface area contributed by atoms with E-state index in [1.54, 1.807) is 6.33 Å². The molecule has 29 heavy (non-hydrogen) atoms. The number of aromatic amines is 1. The number of fused-ring (bicyclic) bond motifs is 1. The molecule has 0 bridgehead atoms. The van der Waals surface area contributed by atoms with Crippen LogP contribution in [0.1, 0.15) is 49.7 Å². The number of rotatable bonds is 8. The highest BCUT2D eigenvalue weighted by molar-refractivity contribution is 7.11.